The predicted octanol–water partition coefficient (Wildman–Crippen LogP) is 3.78. The first-order valence-corrected chi connectivity index (χ1v) is 9.96. The van der Waals surface area contributed by atoms with Gasteiger partial charge in [0.15, 0.2) is 6.10 Å². The Morgan fingerprint density at radius 1 is 1.06 bits per heavy atom. The molecule has 0 fully saturated rings. The van der Waals surface area contributed by atoms with Gasteiger partial charge in [0, 0.05) is 12.2 Å². The van der Waals surface area contributed by atoms with Crippen molar-refractivity contribution in [1.82, 2.24) is 4.90 Å². The standard InChI is InChI=1S/C24H24N2O5/c1-5-12-26-22(28)18-11-10-16(13-19(18)23(26)29)24(30)31-15(4)21(27)25-20-9-7-6-8-17(20)14(2)3/h5-11,13-15H,1,12H2,2-4H3,(H,25,27)/t15-/m0/s1. The van der Waals surface area contributed by atoms with Gasteiger partial charge < -0.3 is 10.1 Å². The van der Waals surface area contributed by atoms with Crippen molar-refractivity contribution >= 4 is 29.4 Å². The number of nitrogens with zero attached hydrogens (tertiary/aromatic N) is 1. The number of carbonyl (C=O) groups is 4. The lowest BCUT2D eigenvalue weighted by molar-refractivity contribution is -0.123. The minimum atomic E-state index is -1.06. The number of esters is 1. The van der Waals surface area contributed by atoms with Crippen molar-refractivity contribution in [3.63, 3.8) is 0 Å². The van der Waals surface area contributed by atoms with E-state index in [0.717, 1.165) is 10.5 Å². The predicted molar refractivity (Wildman–Crippen MR) is 116 cm³/mol. The molecule has 1 heterocycles. The van der Waals surface area contributed by atoms with E-state index in [0.29, 0.717) is 5.69 Å². The van der Waals surface area contributed by atoms with E-state index in [-0.39, 0.29) is 29.2 Å². The van der Waals surface area contributed by atoms with Crippen LogP contribution in [-0.4, -0.2) is 41.2 Å². The maximum atomic E-state index is 12.6. The van der Waals surface area contributed by atoms with Crippen LogP contribution in [0.25, 0.3) is 0 Å². The van der Waals surface area contributed by atoms with E-state index in [1.807, 2.05) is 32.0 Å². The summed E-state index contributed by atoms with van der Waals surface area (Å²) in [5.74, 6) is -1.94. The van der Waals surface area contributed by atoms with Crippen molar-refractivity contribution in [1.29, 1.82) is 0 Å². The molecule has 1 aliphatic rings. The van der Waals surface area contributed by atoms with Crippen molar-refractivity contribution < 1.29 is 23.9 Å². The lowest BCUT2D eigenvalue weighted by Crippen LogP contribution is -2.30. The summed E-state index contributed by atoms with van der Waals surface area (Å²) in [5, 5.41) is 2.79. The van der Waals surface area contributed by atoms with E-state index in [1.54, 1.807) is 6.07 Å². The van der Waals surface area contributed by atoms with Gasteiger partial charge in [0.2, 0.25) is 0 Å². The summed E-state index contributed by atoms with van der Waals surface area (Å²) in [6.07, 6.45) is 0.393. The van der Waals surface area contributed by atoms with Gasteiger partial charge in [0.25, 0.3) is 17.7 Å². The number of nitrogens with one attached hydrogen (secondary N) is 1. The first-order chi connectivity index (χ1) is 14.7. The van der Waals surface area contributed by atoms with Gasteiger partial charge in [-0.05, 0) is 42.7 Å². The van der Waals surface area contributed by atoms with Crippen LogP contribution in [0.2, 0.25) is 0 Å². The minimum absolute atomic E-state index is 0.0845. The number of amides is 3. The fraction of sp³-hybridized carbons (Fsp3) is 0.250. The molecule has 1 aliphatic heterocycles. The Morgan fingerprint density at radius 3 is 2.42 bits per heavy atom. The molecule has 7 nitrogen and oxygen atoms in total. The summed E-state index contributed by atoms with van der Waals surface area (Å²) in [6, 6.07) is 11.6. The summed E-state index contributed by atoms with van der Waals surface area (Å²) in [7, 11) is 0. The molecule has 0 radical (unpaired) electrons. The molecule has 1 atom stereocenters. The SMILES string of the molecule is C=CCN1C(=O)c2ccc(C(=O)O[C@@H](C)C(=O)Nc3ccccc3C(C)C)cc2C1=O. The second kappa shape index (κ2) is 8.95. The first kappa shape index (κ1) is 22.0. The number of carbonyl (C=O) groups excluding carboxylic acids is 4. The van der Waals surface area contributed by atoms with Gasteiger partial charge in [-0.2, -0.15) is 0 Å². The second-order valence-corrected chi connectivity index (χ2v) is 7.55. The van der Waals surface area contributed by atoms with Crippen LogP contribution in [-0.2, 0) is 9.53 Å². The molecule has 160 valence electrons. The lowest BCUT2D eigenvalue weighted by atomic mass is 10.0. The summed E-state index contributed by atoms with van der Waals surface area (Å²) < 4.78 is 5.29. The van der Waals surface area contributed by atoms with Crippen LogP contribution < -0.4 is 5.32 Å². The van der Waals surface area contributed by atoms with Gasteiger partial charge in [-0.3, -0.25) is 19.3 Å². The van der Waals surface area contributed by atoms with Crippen LogP contribution >= 0.6 is 0 Å². The van der Waals surface area contributed by atoms with Crippen molar-refractivity contribution in [3.8, 4) is 0 Å². The molecular weight excluding hydrogens is 396 g/mol. The van der Waals surface area contributed by atoms with E-state index in [2.05, 4.69) is 11.9 Å². The Hall–Kier alpha value is -3.74. The van der Waals surface area contributed by atoms with Crippen LogP contribution in [0, 0.1) is 0 Å². The van der Waals surface area contributed by atoms with E-state index in [4.69, 9.17) is 4.74 Å². The van der Waals surface area contributed by atoms with Gasteiger partial charge >= 0.3 is 5.97 Å². The molecule has 0 unspecified atom stereocenters. The van der Waals surface area contributed by atoms with Crippen molar-refractivity contribution in [2.24, 2.45) is 0 Å². The third kappa shape index (κ3) is 4.40. The molecule has 7 heteroatoms. The fourth-order valence-electron chi connectivity index (χ4n) is 3.34. The zero-order chi connectivity index (χ0) is 22.7. The zero-order valence-corrected chi connectivity index (χ0v) is 17.7. The topological polar surface area (TPSA) is 92.8 Å². The highest BCUT2D eigenvalue weighted by Crippen LogP contribution is 2.25. The van der Waals surface area contributed by atoms with Gasteiger partial charge in [0.05, 0.1) is 16.7 Å². The van der Waals surface area contributed by atoms with Crippen molar-refractivity contribution in [2.75, 3.05) is 11.9 Å². The Kier molecular flexibility index (Phi) is 6.34. The Labute approximate surface area is 180 Å². The number of ether oxygens (including phenoxy) is 1. The number of fused-ring (bicyclic) bond motifs is 1. The molecule has 0 aromatic heterocycles. The molecule has 1 N–H and O–H groups in total. The highest BCUT2D eigenvalue weighted by molar-refractivity contribution is 6.22. The van der Waals surface area contributed by atoms with Crippen LogP contribution in [0.15, 0.2) is 55.1 Å². The van der Waals surface area contributed by atoms with Crippen LogP contribution in [0.4, 0.5) is 5.69 Å². The molecule has 3 rings (SSSR count). The first-order valence-electron chi connectivity index (χ1n) is 9.96. The Morgan fingerprint density at radius 2 is 1.74 bits per heavy atom. The van der Waals surface area contributed by atoms with Crippen molar-refractivity contribution in [3.05, 3.63) is 77.4 Å². The number of hydrogen-bond acceptors (Lipinski definition) is 5. The molecule has 0 spiro atoms. The van der Waals surface area contributed by atoms with E-state index < -0.39 is 29.8 Å². The van der Waals surface area contributed by atoms with E-state index in [1.165, 1.54) is 31.2 Å². The molecule has 0 bridgehead atoms. The molecule has 0 saturated heterocycles. The average molecular weight is 420 g/mol. The third-order valence-corrected chi connectivity index (χ3v) is 5.01. The number of benzene rings is 2. The van der Waals surface area contributed by atoms with E-state index >= 15 is 0 Å². The number of para-hydroxylation sites is 1. The van der Waals surface area contributed by atoms with Gasteiger partial charge in [-0.25, -0.2) is 4.79 Å². The fourth-order valence-corrected chi connectivity index (χ4v) is 3.34. The third-order valence-electron chi connectivity index (χ3n) is 5.01. The maximum Gasteiger partial charge on any atom is 0.338 e. The Balaban J connectivity index is 1.71. The minimum Gasteiger partial charge on any atom is -0.449 e. The monoisotopic (exact) mass is 420 g/mol. The average Bonchev–Trinajstić information content (AvgIpc) is 2.98. The van der Waals surface area contributed by atoms with Gasteiger partial charge in [-0.1, -0.05) is 38.1 Å². The van der Waals surface area contributed by atoms with Gasteiger partial charge in [-0.15, -0.1) is 6.58 Å². The van der Waals surface area contributed by atoms with Crippen LogP contribution in [0.5, 0.6) is 0 Å². The number of rotatable bonds is 7. The lowest BCUT2D eigenvalue weighted by Gasteiger charge is -2.17. The largest absolute Gasteiger partial charge is 0.449 e. The van der Waals surface area contributed by atoms with Gasteiger partial charge in [0.1, 0.15) is 0 Å². The molecular formula is C24H24N2O5. The molecule has 2 aromatic carbocycles. The molecule has 0 aliphatic carbocycles. The molecule has 3 amide bonds. The normalized spacial score (nSPS) is 13.7. The zero-order valence-electron chi connectivity index (χ0n) is 17.7. The van der Waals surface area contributed by atoms with Crippen LogP contribution in [0.1, 0.15) is 63.3 Å². The summed E-state index contributed by atoms with van der Waals surface area (Å²) in [6.45, 7) is 9.13. The van der Waals surface area contributed by atoms with Crippen molar-refractivity contribution in [2.45, 2.75) is 32.8 Å². The smallest absolute Gasteiger partial charge is 0.338 e. The quantitative estimate of drug-likeness (QED) is 0.418. The Bertz CT molecular complexity index is 1070. The highest BCUT2D eigenvalue weighted by atomic mass is 16.5. The van der Waals surface area contributed by atoms with Crippen LogP contribution in [0.3, 0.4) is 0 Å². The molecule has 31 heavy (non-hydrogen) atoms. The maximum absolute atomic E-state index is 12.6. The molecule has 2 aromatic rings. The molecule has 0 saturated carbocycles. The number of hydrogen-bond donors (Lipinski definition) is 1. The summed E-state index contributed by atoms with van der Waals surface area (Å²) >= 11 is 0. The summed E-state index contributed by atoms with van der Waals surface area (Å²) in [4.78, 5) is 50.9. The summed E-state index contributed by atoms with van der Waals surface area (Å²) in [5.41, 5.74) is 2.07. The second-order valence-electron chi connectivity index (χ2n) is 7.55. The highest BCUT2D eigenvalue weighted by Gasteiger charge is 2.35. The number of imide groups is 1. The number of anilines is 1. The van der Waals surface area contributed by atoms with E-state index in [9.17, 15) is 19.2 Å².